The van der Waals surface area contributed by atoms with Crippen molar-refractivity contribution in [3.63, 3.8) is 0 Å². The second kappa shape index (κ2) is 9.78. The SMILES string of the molecule is CCCCCCCCCCNc1scnc1C(=O)O. The van der Waals surface area contributed by atoms with Crippen molar-refractivity contribution < 1.29 is 9.90 Å². The summed E-state index contributed by atoms with van der Waals surface area (Å²) in [4.78, 5) is 14.7. The number of nitrogens with one attached hydrogen (secondary N) is 1. The summed E-state index contributed by atoms with van der Waals surface area (Å²) in [5, 5.41) is 12.7. The quantitative estimate of drug-likeness (QED) is 0.591. The number of hydrogen-bond acceptors (Lipinski definition) is 4. The number of carbonyl (C=O) groups is 1. The minimum absolute atomic E-state index is 0.143. The molecule has 0 aromatic carbocycles. The van der Waals surface area contributed by atoms with E-state index in [0.29, 0.717) is 5.00 Å². The summed E-state index contributed by atoms with van der Waals surface area (Å²) >= 11 is 1.35. The maximum absolute atomic E-state index is 10.8. The van der Waals surface area contributed by atoms with Crippen molar-refractivity contribution in [2.24, 2.45) is 0 Å². The van der Waals surface area contributed by atoms with Gasteiger partial charge in [0.15, 0.2) is 5.69 Å². The van der Waals surface area contributed by atoms with Gasteiger partial charge in [0.1, 0.15) is 5.00 Å². The molecule has 1 aromatic heterocycles. The van der Waals surface area contributed by atoms with E-state index in [4.69, 9.17) is 5.11 Å². The molecule has 0 saturated heterocycles. The van der Waals surface area contributed by atoms with E-state index in [1.54, 1.807) is 5.51 Å². The van der Waals surface area contributed by atoms with E-state index in [9.17, 15) is 4.79 Å². The highest BCUT2D eigenvalue weighted by Gasteiger charge is 2.12. The summed E-state index contributed by atoms with van der Waals surface area (Å²) in [6, 6.07) is 0. The van der Waals surface area contributed by atoms with Crippen LogP contribution in [0.5, 0.6) is 0 Å². The van der Waals surface area contributed by atoms with Gasteiger partial charge in [0, 0.05) is 6.54 Å². The van der Waals surface area contributed by atoms with E-state index >= 15 is 0 Å². The van der Waals surface area contributed by atoms with Gasteiger partial charge in [0.2, 0.25) is 0 Å². The molecule has 1 aromatic rings. The largest absolute Gasteiger partial charge is 0.476 e. The average Bonchev–Trinajstić information content (AvgIpc) is 2.85. The summed E-state index contributed by atoms with van der Waals surface area (Å²) in [6.45, 7) is 3.06. The van der Waals surface area contributed by atoms with Crippen molar-refractivity contribution >= 4 is 22.3 Å². The van der Waals surface area contributed by atoms with E-state index in [1.165, 1.54) is 56.3 Å². The highest BCUT2D eigenvalue weighted by molar-refractivity contribution is 7.14. The Kier molecular flexibility index (Phi) is 8.21. The van der Waals surface area contributed by atoms with E-state index in [2.05, 4.69) is 17.2 Å². The molecule has 0 spiro atoms. The van der Waals surface area contributed by atoms with Crippen molar-refractivity contribution in [2.75, 3.05) is 11.9 Å². The number of aromatic nitrogens is 1. The zero-order valence-corrected chi connectivity index (χ0v) is 12.5. The molecule has 0 fully saturated rings. The first-order valence-corrected chi connectivity index (χ1v) is 8.04. The number of hydrogen-bond donors (Lipinski definition) is 2. The Bertz CT molecular complexity index is 366. The third-order valence-corrected chi connectivity index (χ3v) is 3.87. The maximum Gasteiger partial charge on any atom is 0.357 e. The van der Waals surface area contributed by atoms with E-state index < -0.39 is 5.97 Å². The van der Waals surface area contributed by atoms with E-state index in [-0.39, 0.29) is 5.69 Å². The van der Waals surface area contributed by atoms with Crippen LogP contribution >= 0.6 is 11.3 Å². The molecule has 4 nitrogen and oxygen atoms in total. The highest BCUT2D eigenvalue weighted by Crippen LogP contribution is 2.20. The summed E-state index contributed by atoms with van der Waals surface area (Å²) in [5.41, 5.74) is 1.71. The molecule has 0 saturated carbocycles. The van der Waals surface area contributed by atoms with Crippen molar-refractivity contribution in [1.82, 2.24) is 4.98 Å². The molecule has 0 bridgehead atoms. The lowest BCUT2D eigenvalue weighted by atomic mass is 10.1. The Hall–Kier alpha value is -1.10. The lowest BCUT2D eigenvalue weighted by Crippen LogP contribution is -2.05. The van der Waals surface area contributed by atoms with Gasteiger partial charge in [-0.3, -0.25) is 0 Å². The zero-order chi connectivity index (χ0) is 13.9. The van der Waals surface area contributed by atoms with Gasteiger partial charge in [-0.1, -0.05) is 51.9 Å². The molecule has 0 amide bonds. The molecule has 2 N–H and O–H groups in total. The number of carboxylic acids is 1. The Balaban J connectivity index is 2.02. The van der Waals surface area contributed by atoms with Crippen molar-refractivity contribution in [3.8, 4) is 0 Å². The molecule has 0 unspecified atom stereocenters. The molecule has 1 rings (SSSR count). The summed E-state index contributed by atoms with van der Waals surface area (Å²) in [5.74, 6) is -0.959. The van der Waals surface area contributed by atoms with Crippen LogP contribution in [0.15, 0.2) is 5.51 Å². The smallest absolute Gasteiger partial charge is 0.357 e. The fourth-order valence-corrected chi connectivity index (χ4v) is 2.69. The first kappa shape index (κ1) is 16.0. The number of rotatable bonds is 11. The normalized spacial score (nSPS) is 10.6. The highest BCUT2D eigenvalue weighted by atomic mass is 32.1. The molecule has 108 valence electrons. The van der Waals surface area contributed by atoms with Crippen LogP contribution in [-0.4, -0.2) is 22.6 Å². The van der Waals surface area contributed by atoms with Crippen LogP contribution in [0.4, 0.5) is 5.00 Å². The van der Waals surface area contributed by atoms with Gasteiger partial charge in [-0.05, 0) is 6.42 Å². The molecule has 5 heteroatoms. The predicted molar refractivity (Wildman–Crippen MR) is 80.2 cm³/mol. The van der Waals surface area contributed by atoms with Crippen molar-refractivity contribution in [2.45, 2.75) is 58.3 Å². The first-order valence-electron chi connectivity index (χ1n) is 7.16. The van der Waals surface area contributed by atoms with Gasteiger partial charge in [0.05, 0.1) is 5.51 Å². The second-order valence-corrected chi connectivity index (χ2v) is 5.59. The fraction of sp³-hybridized carbons (Fsp3) is 0.714. The molecule has 0 radical (unpaired) electrons. The van der Waals surface area contributed by atoms with E-state index in [1.807, 2.05) is 0 Å². The number of aromatic carboxylic acids is 1. The fourth-order valence-electron chi connectivity index (χ4n) is 1.98. The first-order chi connectivity index (χ1) is 9.25. The molecular formula is C14H24N2O2S. The number of nitrogens with zero attached hydrogens (tertiary/aromatic N) is 1. The topological polar surface area (TPSA) is 62.2 Å². The minimum Gasteiger partial charge on any atom is -0.476 e. The summed E-state index contributed by atoms with van der Waals surface area (Å²) in [6.07, 6.45) is 10.2. The molecule has 0 aliphatic carbocycles. The number of unbranched alkanes of at least 4 members (excludes halogenated alkanes) is 7. The minimum atomic E-state index is -0.959. The second-order valence-electron chi connectivity index (χ2n) is 4.74. The number of carboxylic acid groups (broad SMARTS) is 1. The molecular weight excluding hydrogens is 260 g/mol. The Morgan fingerprint density at radius 3 is 2.47 bits per heavy atom. The van der Waals surface area contributed by atoms with Crippen LogP contribution in [0, 0.1) is 0 Å². The van der Waals surface area contributed by atoms with Crippen LogP contribution in [0.25, 0.3) is 0 Å². The molecule has 0 atom stereocenters. The van der Waals surface area contributed by atoms with Gasteiger partial charge in [0.25, 0.3) is 0 Å². The third-order valence-electron chi connectivity index (χ3n) is 3.09. The van der Waals surface area contributed by atoms with Crippen LogP contribution in [0.3, 0.4) is 0 Å². The Morgan fingerprint density at radius 2 is 1.84 bits per heavy atom. The van der Waals surface area contributed by atoms with Crippen LogP contribution < -0.4 is 5.32 Å². The Labute approximate surface area is 119 Å². The molecule has 1 heterocycles. The van der Waals surface area contributed by atoms with Crippen LogP contribution in [-0.2, 0) is 0 Å². The molecule has 0 aliphatic heterocycles. The van der Waals surface area contributed by atoms with E-state index in [0.717, 1.165) is 13.0 Å². The zero-order valence-electron chi connectivity index (χ0n) is 11.7. The molecule has 0 aliphatic rings. The standard InChI is InChI=1S/C14H24N2O2S/c1-2-3-4-5-6-7-8-9-10-15-13-12(14(17)18)16-11-19-13/h11,15H,2-10H2,1H3,(H,17,18). The van der Waals surface area contributed by atoms with Gasteiger partial charge < -0.3 is 10.4 Å². The summed E-state index contributed by atoms with van der Waals surface area (Å²) in [7, 11) is 0. The average molecular weight is 284 g/mol. The lowest BCUT2D eigenvalue weighted by Gasteiger charge is -2.04. The lowest BCUT2D eigenvalue weighted by molar-refractivity contribution is 0.0692. The van der Waals surface area contributed by atoms with Gasteiger partial charge in [-0.25, -0.2) is 9.78 Å². The summed E-state index contributed by atoms with van der Waals surface area (Å²) < 4.78 is 0. The van der Waals surface area contributed by atoms with Crippen LogP contribution in [0.2, 0.25) is 0 Å². The Morgan fingerprint density at radius 1 is 1.21 bits per heavy atom. The van der Waals surface area contributed by atoms with Gasteiger partial charge >= 0.3 is 5.97 Å². The third kappa shape index (κ3) is 6.57. The van der Waals surface area contributed by atoms with Crippen LogP contribution in [0.1, 0.15) is 68.8 Å². The number of thiazole rings is 1. The number of anilines is 1. The predicted octanol–water partition coefficient (Wildman–Crippen LogP) is 4.39. The van der Waals surface area contributed by atoms with Crippen molar-refractivity contribution in [1.29, 1.82) is 0 Å². The van der Waals surface area contributed by atoms with Gasteiger partial charge in [-0.2, -0.15) is 0 Å². The van der Waals surface area contributed by atoms with Gasteiger partial charge in [-0.15, -0.1) is 11.3 Å². The van der Waals surface area contributed by atoms with Crippen molar-refractivity contribution in [3.05, 3.63) is 11.2 Å². The molecule has 19 heavy (non-hydrogen) atoms. The monoisotopic (exact) mass is 284 g/mol. The maximum atomic E-state index is 10.8.